The fourth-order valence-corrected chi connectivity index (χ4v) is 5.80. The van der Waals surface area contributed by atoms with Crippen LogP contribution in [0.15, 0.2) is 42.5 Å². The molecule has 0 N–H and O–H groups in total. The van der Waals surface area contributed by atoms with Crippen LogP contribution in [0.2, 0.25) is 10.0 Å². The zero-order chi connectivity index (χ0) is 25.2. The smallest absolute Gasteiger partial charge is 0.223 e. The van der Waals surface area contributed by atoms with Gasteiger partial charge in [0.15, 0.2) is 0 Å². The van der Waals surface area contributed by atoms with Gasteiger partial charge in [-0.2, -0.15) is 0 Å². The number of likely N-dealkylation sites (tertiary alicyclic amines) is 1. The van der Waals surface area contributed by atoms with Crippen LogP contribution >= 0.6 is 23.2 Å². The zero-order valence-electron chi connectivity index (χ0n) is 21.6. The summed E-state index contributed by atoms with van der Waals surface area (Å²) in [6.45, 7) is 12.4. The fourth-order valence-electron chi connectivity index (χ4n) is 5.50. The Morgan fingerprint density at radius 2 is 1.69 bits per heavy atom. The Hall–Kier alpha value is -1.59. The average Bonchev–Trinajstić information content (AvgIpc) is 2.82. The largest absolute Gasteiger partial charge is 0.337 e. The van der Waals surface area contributed by atoms with Crippen molar-refractivity contribution in [2.24, 2.45) is 11.3 Å². The molecule has 0 radical (unpaired) electrons. The van der Waals surface area contributed by atoms with Crippen molar-refractivity contribution in [2.75, 3.05) is 39.8 Å². The summed E-state index contributed by atoms with van der Waals surface area (Å²) < 4.78 is 0. The van der Waals surface area contributed by atoms with Crippen molar-refractivity contribution in [1.82, 2.24) is 14.7 Å². The maximum Gasteiger partial charge on any atom is 0.223 e. The van der Waals surface area contributed by atoms with E-state index in [1.54, 1.807) is 0 Å². The second-order valence-electron chi connectivity index (χ2n) is 11.4. The number of benzene rings is 2. The number of rotatable bonds is 5. The first kappa shape index (κ1) is 26.5. The van der Waals surface area contributed by atoms with Crippen LogP contribution < -0.4 is 0 Å². The Morgan fingerprint density at radius 3 is 2.37 bits per heavy atom. The maximum atomic E-state index is 13.4. The Labute approximate surface area is 221 Å². The normalized spacial score (nSPS) is 20.9. The van der Waals surface area contributed by atoms with Crippen molar-refractivity contribution < 1.29 is 4.79 Å². The van der Waals surface area contributed by atoms with E-state index in [9.17, 15) is 4.79 Å². The first-order chi connectivity index (χ1) is 16.6. The van der Waals surface area contributed by atoms with Gasteiger partial charge in [-0.15, -0.1) is 0 Å². The molecule has 2 fully saturated rings. The lowest BCUT2D eigenvalue weighted by atomic mass is 9.83. The van der Waals surface area contributed by atoms with Crippen molar-refractivity contribution in [3.63, 3.8) is 0 Å². The number of piperidine rings is 1. The minimum Gasteiger partial charge on any atom is -0.337 e. The van der Waals surface area contributed by atoms with Crippen molar-refractivity contribution >= 4 is 29.1 Å². The molecular formula is C29H39Cl2N3O. The van der Waals surface area contributed by atoms with E-state index < -0.39 is 0 Å². The molecule has 6 heteroatoms. The molecule has 0 aliphatic carbocycles. The Kier molecular flexibility index (Phi) is 8.48. The summed E-state index contributed by atoms with van der Waals surface area (Å²) in [5.41, 5.74) is 3.54. The number of carbonyl (C=O) groups is 1. The third kappa shape index (κ3) is 6.60. The second kappa shape index (κ2) is 11.2. The molecule has 2 heterocycles. The molecule has 4 rings (SSSR count). The molecule has 2 aliphatic heterocycles. The van der Waals surface area contributed by atoms with E-state index >= 15 is 0 Å². The molecule has 0 spiro atoms. The van der Waals surface area contributed by atoms with E-state index in [4.69, 9.17) is 23.2 Å². The number of amides is 1. The predicted molar refractivity (Wildman–Crippen MR) is 147 cm³/mol. The van der Waals surface area contributed by atoms with Crippen molar-refractivity contribution in [1.29, 1.82) is 0 Å². The van der Waals surface area contributed by atoms with Gasteiger partial charge in [0, 0.05) is 38.6 Å². The van der Waals surface area contributed by atoms with E-state index in [0.717, 1.165) is 57.7 Å². The van der Waals surface area contributed by atoms with Crippen LogP contribution in [0.5, 0.6) is 0 Å². The molecule has 0 saturated carbocycles. The molecule has 1 amide bonds. The van der Waals surface area contributed by atoms with Crippen molar-refractivity contribution in [3.05, 3.63) is 58.1 Å². The van der Waals surface area contributed by atoms with Crippen LogP contribution in [0.4, 0.5) is 0 Å². The first-order valence-corrected chi connectivity index (χ1v) is 13.6. The van der Waals surface area contributed by atoms with E-state index in [2.05, 4.69) is 66.8 Å². The van der Waals surface area contributed by atoms with Gasteiger partial charge in [0.1, 0.15) is 0 Å². The highest BCUT2D eigenvalue weighted by molar-refractivity contribution is 6.42. The van der Waals surface area contributed by atoms with E-state index in [0.29, 0.717) is 28.3 Å². The van der Waals surface area contributed by atoms with Gasteiger partial charge >= 0.3 is 0 Å². The van der Waals surface area contributed by atoms with Gasteiger partial charge in [0.2, 0.25) is 5.91 Å². The van der Waals surface area contributed by atoms with E-state index in [1.807, 2.05) is 18.2 Å². The highest BCUT2D eigenvalue weighted by atomic mass is 35.5. The number of piperazine rings is 1. The standard InChI is InChI=1S/C29H39Cl2N3O/c1-29(2,3)27-20-33(15-16-34(27)28(35)17-21-11-13-32(4)14-12-21)19-23-7-5-6-8-24(23)22-9-10-25(30)26(31)18-22/h5-10,18,21,27H,11-17,19-20H2,1-4H3/t27-/m1/s1. The van der Waals surface area contributed by atoms with Crippen LogP contribution in [0.1, 0.15) is 45.6 Å². The molecule has 0 unspecified atom stereocenters. The predicted octanol–water partition coefficient (Wildman–Crippen LogP) is 6.45. The third-order valence-electron chi connectivity index (χ3n) is 7.73. The molecule has 190 valence electrons. The van der Waals surface area contributed by atoms with Gasteiger partial charge in [-0.1, -0.05) is 74.3 Å². The van der Waals surface area contributed by atoms with Gasteiger partial charge in [-0.05, 0) is 73.1 Å². The molecule has 2 aromatic carbocycles. The topological polar surface area (TPSA) is 26.8 Å². The summed E-state index contributed by atoms with van der Waals surface area (Å²) in [4.78, 5) is 20.5. The lowest BCUT2D eigenvalue weighted by Gasteiger charge is -2.48. The molecular weight excluding hydrogens is 477 g/mol. The van der Waals surface area contributed by atoms with Crippen molar-refractivity contribution in [3.8, 4) is 11.1 Å². The van der Waals surface area contributed by atoms with Gasteiger partial charge in [0.05, 0.1) is 10.0 Å². The molecule has 35 heavy (non-hydrogen) atoms. The third-order valence-corrected chi connectivity index (χ3v) is 8.47. The SMILES string of the molecule is CN1CCC(CC(=O)N2CCN(Cc3ccccc3-c3ccc(Cl)c(Cl)c3)C[C@@H]2C(C)(C)C)CC1. The number of halogens is 2. The zero-order valence-corrected chi connectivity index (χ0v) is 23.1. The Morgan fingerprint density at radius 1 is 0.971 bits per heavy atom. The van der Waals surface area contributed by atoms with Gasteiger partial charge in [0.25, 0.3) is 0 Å². The second-order valence-corrected chi connectivity index (χ2v) is 12.3. The molecule has 0 aromatic heterocycles. The highest BCUT2D eigenvalue weighted by Crippen LogP contribution is 2.33. The van der Waals surface area contributed by atoms with E-state index in [-0.39, 0.29) is 11.5 Å². The minimum atomic E-state index is 0.0182. The lowest BCUT2D eigenvalue weighted by Crippen LogP contribution is -2.59. The number of carbonyl (C=O) groups excluding carboxylic acids is 1. The molecule has 2 aromatic rings. The Bertz CT molecular complexity index is 1030. The van der Waals surface area contributed by atoms with Gasteiger partial charge < -0.3 is 9.80 Å². The summed E-state index contributed by atoms with van der Waals surface area (Å²) in [5.74, 6) is 0.866. The van der Waals surface area contributed by atoms with Crippen LogP contribution in [0.3, 0.4) is 0 Å². The summed E-state index contributed by atoms with van der Waals surface area (Å²) >= 11 is 12.5. The number of hydrogen-bond acceptors (Lipinski definition) is 3. The van der Waals surface area contributed by atoms with Crippen LogP contribution in [-0.2, 0) is 11.3 Å². The summed E-state index contributed by atoms with van der Waals surface area (Å²) in [7, 11) is 2.17. The van der Waals surface area contributed by atoms with Crippen LogP contribution in [-0.4, -0.2) is 66.4 Å². The fraction of sp³-hybridized carbons (Fsp3) is 0.552. The molecule has 1 atom stereocenters. The van der Waals surface area contributed by atoms with Gasteiger partial charge in [-0.25, -0.2) is 0 Å². The quantitative estimate of drug-likeness (QED) is 0.457. The highest BCUT2D eigenvalue weighted by Gasteiger charge is 2.38. The monoisotopic (exact) mass is 515 g/mol. The number of nitrogens with zero attached hydrogens (tertiary/aromatic N) is 3. The van der Waals surface area contributed by atoms with Gasteiger partial charge in [-0.3, -0.25) is 9.69 Å². The summed E-state index contributed by atoms with van der Waals surface area (Å²) in [6.07, 6.45) is 2.96. The van der Waals surface area contributed by atoms with Crippen LogP contribution in [0.25, 0.3) is 11.1 Å². The minimum absolute atomic E-state index is 0.0182. The molecule has 0 bridgehead atoms. The summed E-state index contributed by atoms with van der Waals surface area (Å²) in [6, 6.07) is 14.6. The average molecular weight is 517 g/mol. The Balaban J connectivity index is 1.47. The molecule has 2 aliphatic rings. The molecule has 4 nitrogen and oxygen atoms in total. The maximum absolute atomic E-state index is 13.4. The van der Waals surface area contributed by atoms with Crippen molar-refractivity contribution in [2.45, 2.75) is 52.6 Å². The van der Waals surface area contributed by atoms with E-state index in [1.165, 1.54) is 11.1 Å². The first-order valence-electron chi connectivity index (χ1n) is 12.9. The summed E-state index contributed by atoms with van der Waals surface area (Å²) in [5, 5.41) is 1.14. The molecule has 2 saturated heterocycles. The van der Waals surface area contributed by atoms with Crippen LogP contribution in [0, 0.1) is 11.3 Å². The number of hydrogen-bond donors (Lipinski definition) is 0. The lowest BCUT2D eigenvalue weighted by molar-refractivity contribution is -0.141.